The van der Waals surface area contributed by atoms with E-state index < -0.39 is 15.4 Å². The number of hydrogen-bond acceptors (Lipinski definition) is 4. The SMILES string of the molecule is COc1ccc(NS(=O)(=O)c2cn(-c3ccccc3)nc2C(C)(C)C)cc1. The Kier molecular flexibility index (Phi) is 4.97. The van der Waals surface area contributed by atoms with Crippen molar-refractivity contribution in [2.45, 2.75) is 31.1 Å². The van der Waals surface area contributed by atoms with Crippen molar-refractivity contribution in [3.8, 4) is 11.4 Å². The fourth-order valence-corrected chi connectivity index (χ4v) is 4.05. The van der Waals surface area contributed by atoms with Gasteiger partial charge in [0.2, 0.25) is 0 Å². The molecule has 6 nitrogen and oxygen atoms in total. The molecule has 0 atom stereocenters. The number of anilines is 1. The third-order valence-corrected chi connectivity index (χ3v) is 5.43. The first-order chi connectivity index (χ1) is 12.7. The molecule has 0 amide bonds. The van der Waals surface area contributed by atoms with Gasteiger partial charge in [0.05, 0.1) is 24.7 Å². The Morgan fingerprint density at radius 3 is 2.19 bits per heavy atom. The predicted octanol–water partition coefficient (Wildman–Crippen LogP) is 3.98. The summed E-state index contributed by atoms with van der Waals surface area (Å²) in [5, 5.41) is 4.56. The molecule has 0 spiro atoms. The minimum absolute atomic E-state index is 0.162. The van der Waals surface area contributed by atoms with Gasteiger partial charge in [-0.3, -0.25) is 4.72 Å². The average Bonchev–Trinajstić information content (AvgIpc) is 3.10. The number of nitrogens with zero attached hydrogens (tertiary/aromatic N) is 2. The van der Waals surface area contributed by atoms with Gasteiger partial charge in [0.25, 0.3) is 10.0 Å². The Labute approximate surface area is 159 Å². The average molecular weight is 385 g/mol. The van der Waals surface area contributed by atoms with Crippen LogP contribution in [0.1, 0.15) is 26.5 Å². The van der Waals surface area contributed by atoms with Crippen molar-refractivity contribution in [2.24, 2.45) is 0 Å². The van der Waals surface area contributed by atoms with Crippen molar-refractivity contribution in [1.82, 2.24) is 9.78 Å². The van der Waals surface area contributed by atoms with Crippen LogP contribution in [0.3, 0.4) is 0 Å². The third kappa shape index (κ3) is 4.14. The van der Waals surface area contributed by atoms with Crippen molar-refractivity contribution in [1.29, 1.82) is 0 Å². The van der Waals surface area contributed by atoms with E-state index in [2.05, 4.69) is 9.82 Å². The molecular weight excluding hydrogens is 362 g/mol. The molecule has 0 aliphatic carbocycles. The predicted molar refractivity (Wildman–Crippen MR) is 106 cm³/mol. The van der Waals surface area contributed by atoms with E-state index in [0.29, 0.717) is 17.1 Å². The number of rotatable bonds is 5. The summed E-state index contributed by atoms with van der Waals surface area (Å²) < 4.78 is 35.5. The Morgan fingerprint density at radius 2 is 1.63 bits per heavy atom. The maximum Gasteiger partial charge on any atom is 0.265 e. The van der Waals surface area contributed by atoms with Crippen molar-refractivity contribution >= 4 is 15.7 Å². The van der Waals surface area contributed by atoms with Crippen LogP contribution in [0.5, 0.6) is 5.75 Å². The number of benzene rings is 2. The summed E-state index contributed by atoms with van der Waals surface area (Å²) in [6.07, 6.45) is 1.56. The molecule has 0 radical (unpaired) electrons. The summed E-state index contributed by atoms with van der Waals surface area (Å²) in [5.41, 5.74) is 1.33. The molecule has 0 saturated carbocycles. The molecule has 7 heteroatoms. The van der Waals surface area contributed by atoms with Gasteiger partial charge >= 0.3 is 0 Å². The van der Waals surface area contributed by atoms with Gasteiger partial charge in [-0.15, -0.1) is 0 Å². The minimum atomic E-state index is -3.81. The largest absolute Gasteiger partial charge is 0.497 e. The number of ether oxygens (including phenoxy) is 1. The van der Waals surface area contributed by atoms with Crippen LogP contribution in [-0.4, -0.2) is 25.3 Å². The summed E-state index contributed by atoms with van der Waals surface area (Å²) in [6, 6.07) is 16.2. The minimum Gasteiger partial charge on any atom is -0.497 e. The fraction of sp³-hybridized carbons (Fsp3) is 0.250. The molecule has 2 aromatic carbocycles. The Morgan fingerprint density at radius 1 is 1.00 bits per heavy atom. The molecule has 0 aliphatic rings. The van der Waals surface area contributed by atoms with E-state index in [-0.39, 0.29) is 4.90 Å². The molecule has 0 aliphatic heterocycles. The molecule has 0 unspecified atom stereocenters. The van der Waals surface area contributed by atoms with Crippen LogP contribution in [0.4, 0.5) is 5.69 Å². The van der Waals surface area contributed by atoms with Crippen LogP contribution < -0.4 is 9.46 Å². The van der Waals surface area contributed by atoms with Gasteiger partial charge in [0.1, 0.15) is 10.6 Å². The molecule has 0 fully saturated rings. The number of hydrogen-bond donors (Lipinski definition) is 1. The zero-order valence-electron chi connectivity index (χ0n) is 15.8. The first kappa shape index (κ1) is 19.0. The van der Waals surface area contributed by atoms with E-state index in [1.165, 1.54) is 0 Å². The molecule has 3 aromatic rings. The fourth-order valence-electron chi connectivity index (χ4n) is 2.66. The van der Waals surface area contributed by atoms with Crippen LogP contribution in [0, 0.1) is 0 Å². The summed E-state index contributed by atoms with van der Waals surface area (Å²) in [6.45, 7) is 5.82. The summed E-state index contributed by atoms with van der Waals surface area (Å²) in [5.74, 6) is 0.658. The number of para-hydroxylation sites is 1. The summed E-state index contributed by atoms with van der Waals surface area (Å²) in [7, 11) is -2.25. The number of nitrogens with one attached hydrogen (secondary N) is 1. The molecule has 0 saturated heterocycles. The molecular formula is C20H23N3O3S. The number of sulfonamides is 1. The van der Waals surface area contributed by atoms with Gasteiger partial charge in [-0.25, -0.2) is 13.1 Å². The van der Waals surface area contributed by atoms with Crippen LogP contribution >= 0.6 is 0 Å². The summed E-state index contributed by atoms with van der Waals surface area (Å²) >= 11 is 0. The van der Waals surface area contributed by atoms with Crippen molar-refractivity contribution < 1.29 is 13.2 Å². The highest BCUT2D eigenvalue weighted by atomic mass is 32.2. The zero-order chi connectivity index (χ0) is 19.7. The quantitative estimate of drug-likeness (QED) is 0.721. The van der Waals surface area contributed by atoms with Gasteiger partial charge in [-0.1, -0.05) is 39.0 Å². The lowest BCUT2D eigenvalue weighted by Crippen LogP contribution is -2.20. The molecule has 1 aromatic heterocycles. The molecule has 27 heavy (non-hydrogen) atoms. The van der Waals surface area contributed by atoms with Gasteiger partial charge in [0.15, 0.2) is 0 Å². The standard InChI is InChI=1S/C20H23N3O3S/c1-20(2,3)19-18(14-23(21-19)16-8-6-5-7-9-16)27(24,25)22-15-10-12-17(26-4)13-11-15/h5-14,22H,1-4H3. The number of methoxy groups -OCH3 is 1. The molecule has 0 bridgehead atoms. The lowest BCUT2D eigenvalue weighted by Gasteiger charge is -2.18. The van der Waals surface area contributed by atoms with E-state index in [4.69, 9.17) is 4.74 Å². The van der Waals surface area contributed by atoms with Crippen LogP contribution in [0.25, 0.3) is 5.69 Å². The lowest BCUT2D eigenvalue weighted by atomic mass is 9.92. The van der Waals surface area contributed by atoms with Crippen molar-refractivity contribution in [3.05, 3.63) is 66.5 Å². The van der Waals surface area contributed by atoms with E-state index in [1.54, 1.807) is 42.3 Å². The first-order valence-corrected chi connectivity index (χ1v) is 10.0. The lowest BCUT2D eigenvalue weighted by molar-refractivity contribution is 0.415. The van der Waals surface area contributed by atoms with E-state index >= 15 is 0 Å². The highest BCUT2D eigenvalue weighted by molar-refractivity contribution is 7.92. The second-order valence-electron chi connectivity index (χ2n) is 7.21. The smallest absolute Gasteiger partial charge is 0.265 e. The number of aromatic nitrogens is 2. The van der Waals surface area contributed by atoms with E-state index in [9.17, 15) is 8.42 Å². The second kappa shape index (κ2) is 7.08. The van der Waals surface area contributed by atoms with Crippen LogP contribution in [0.2, 0.25) is 0 Å². The molecule has 1 heterocycles. The highest BCUT2D eigenvalue weighted by Gasteiger charge is 2.30. The Hall–Kier alpha value is -2.80. The van der Waals surface area contributed by atoms with Gasteiger partial charge in [0, 0.05) is 11.1 Å². The van der Waals surface area contributed by atoms with E-state index in [1.807, 2.05) is 51.1 Å². The summed E-state index contributed by atoms with van der Waals surface area (Å²) in [4.78, 5) is 0.162. The first-order valence-electron chi connectivity index (χ1n) is 8.53. The van der Waals surface area contributed by atoms with E-state index in [0.717, 1.165) is 5.69 Å². The zero-order valence-corrected chi connectivity index (χ0v) is 16.6. The Balaban J connectivity index is 2.03. The second-order valence-corrected chi connectivity index (χ2v) is 8.86. The van der Waals surface area contributed by atoms with Gasteiger partial charge in [-0.2, -0.15) is 5.10 Å². The Bertz CT molecular complexity index is 1020. The maximum atomic E-state index is 13.1. The van der Waals surface area contributed by atoms with Crippen LogP contribution in [-0.2, 0) is 15.4 Å². The van der Waals surface area contributed by atoms with Crippen molar-refractivity contribution in [2.75, 3.05) is 11.8 Å². The monoisotopic (exact) mass is 385 g/mol. The maximum absolute atomic E-state index is 13.1. The molecule has 142 valence electrons. The topological polar surface area (TPSA) is 73.2 Å². The third-order valence-electron chi connectivity index (χ3n) is 4.04. The van der Waals surface area contributed by atoms with Gasteiger partial charge < -0.3 is 4.74 Å². The molecule has 3 rings (SSSR count). The van der Waals surface area contributed by atoms with Crippen LogP contribution in [0.15, 0.2) is 65.7 Å². The van der Waals surface area contributed by atoms with Crippen molar-refractivity contribution in [3.63, 3.8) is 0 Å². The normalized spacial score (nSPS) is 12.0. The highest BCUT2D eigenvalue weighted by Crippen LogP contribution is 2.30. The molecule has 1 N–H and O–H groups in total. The van der Waals surface area contributed by atoms with Gasteiger partial charge in [-0.05, 0) is 36.4 Å².